The molecule has 1 aromatic carbocycles. The Morgan fingerprint density at radius 1 is 0.920 bits per heavy atom. The maximum absolute atomic E-state index is 13.0. The summed E-state index contributed by atoms with van der Waals surface area (Å²) >= 11 is 2.56. The van der Waals surface area contributed by atoms with E-state index in [1.807, 2.05) is 16.8 Å². The summed E-state index contributed by atoms with van der Waals surface area (Å²) in [7, 11) is -5.65. The molecule has 0 bridgehead atoms. The molecular formula is C16H15NO4S4. The van der Waals surface area contributed by atoms with E-state index in [1.54, 1.807) is 13.1 Å². The summed E-state index contributed by atoms with van der Waals surface area (Å²) in [4.78, 5) is -0.0405. The maximum Gasteiger partial charge on any atom is 0.216 e. The molecule has 3 aromatic rings. The molecule has 0 aliphatic heterocycles. The fraction of sp³-hybridized carbons (Fsp3) is 0.125. The van der Waals surface area contributed by atoms with Crippen molar-refractivity contribution in [1.82, 2.24) is 0 Å². The molecule has 0 saturated carbocycles. The fourth-order valence-electron chi connectivity index (χ4n) is 2.25. The van der Waals surface area contributed by atoms with E-state index in [2.05, 4.69) is 5.32 Å². The standard InChI is InChI=1S/C16H15NO4S4/c1-17-15-3-4-16(23-15)25(20,21)14-8-12(11-5-6-22-10-11)7-13(9-14)24(2,18)19/h3-10,17H,1-2H3. The molecule has 3 rings (SSSR count). The first-order valence-electron chi connectivity index (χ1n) is 7.12. The van der Waals surface area contributed by atoms with Gasteiger partial charge in [0.05, 0.1) is 14.8 Å². The lowest BCUT2D eigenvalue weighted by molar-refractivity contribution is 0.597. The molecule has 0 atom stereocenters. The van der Waals surface area contributed by atoms with E-state index in [9.17, 15) is 16.8 Å². The number of rotatable bonds is 5. The van der Waals surface area contributed by atoms with E-state index in [1.165, 1.54) is 35.6 Å². The molecule has 0 radical (unpaired) electrons. The number of anilines is 1. The zero-order valence-electron chi connectivity index (χ0n) is 13.4. The van der Waals surface area contributed by atoms with Gasteiger partial charge in [-0.2, -0.15) is 11.3 Å². The Labute approximate surface area is 154 Å². The lowest BCUT2D eigenvalue weighted by Crippen LogP contribution is -2.04. The Kier molecular flexibility index (Phi) is 4.76. The molecule has 1 N–H and O–H groups in total. The first-order chi connectivity index (χ1) is 11.7. The largest absolute Gasteiger partial charge is 0.380 e. The van der Waals surface area contributed by atoms with Crippen LogP contribution in [0.2, 0.25) is 0 Å². The molecule has 0 spiro atoms. The van der Waals surface area contributed by atoms with Crippen molar-refractivity contribution in [3.05, 3.63) is 47.2 Å². The van der Waals surface area contributed by atoms with E-state index in [4.69, 9.17) is 0 Å². The Bertz CT molecular complexity index is 1110. The Morgan fingerprint density at radius 3 is 2.20 bits per heavy atom. The van der Waals surface area contributed by atoms with Gasteiger partial charge in [0, 0.05) is 13.3 Å². The summed E-state index contributed by atoms with van der Waals surface area (Å²) in [6, 6.07) is 9.27. The third-order valence-electron chi connectivity index (χ3n) is 3.57. The minimum atomic E-state index is -3.81. The van der Waals surface area contributed by atoms with Crippen LogP contribution in [0.5, 0.6) is 0 Å². The average Bonchev–Trinajstić information content (AvgIpc) is 3.25. The number of hydrogen-bond donors (Lipinski definition) is 1. The zero-order chi connectivity index (χ0) is 18.2. The van der Waals surface area contributed by atoms with Crippen molar-refractivity contribution in [2.45, 2.75) is 14.0 Å². The lowest BCUT2D eigenvalue weighted by atomic mass is 10.1. The van der Waals surface area contributed by atoms with E-state index in [0.717, 1.165) is 28.2 Å². The summed E-state index contributed by atoms with van der Waals surface area (Å²) in [5.41, 5.74) is 1.35. The van der Waals surface area contributed by atoms with Crippen molar-refractivity contribution in [2.24, 2.45) is 0 Å². The molecule has 2 aromatic heterocycles. The van der Waals surface area contributed by atoms with Crippen LogP contribution in [0, 0.1) is 0 Å². The SMILES string of the molecule is CNc1ccc(S(=O)(=O)c2cc(-c3ccsc3)cc(S(C)(=O)=O)c2)s1. The fourth-order valence-corrected chi connectivity index (χ4v) is 6.30. The highest BCUT2D eigenvalue weighted by molar-refractivity contribution is 7.93. The maximum atomic E-state index is 13.0. The van der Waals surface area contributed by atoms with Crippen LogP contribution in [0.1, 0.15) is 0 Å². The third kappa shape index (κ3) is 3.64. The van der Waals surface area contributed by atoms with E-state index < -0.39 is 19.7 Å². The van der Waals surface area contributed by atoms with Gasteiger partial charge in [0.25, 0.3) is 0 Å². The highest BCUT2D eigenvalue weighted by Gasteiger charge is 2.23. The van der Waals surface area contributed by atoms with Gasteiger partial charge in [0.2, 0.25) is 9.84 Å². The molecule has 0 fully saturated rings. The van der Waals surface area contributed by atoms with E-state index in [0.29, 0.717) is 5.56 Å². The van der Waals surface area contributed by atoms with Crippen LogP contribution >= 0.6 is 22.7 Å². The first-order valence-corrected chi connectivity index (χ1v) is 12.3. The van der Waals surface area contributed by atoms with Crippen molar-refractivity contribution in [2.75, 3.05) is 18.6 Å². The second kappa shape index (κ2) is 6.56. The topological polar surface area (TPSA) is 80.3 Å². The highest BCUT2D eigenvalue weighted by atomic mass is 32.2. The normalized spacial score (nSPS) is 12.2. The van der Waals surface area contributed by atoms with Crippen LogP contribution in [0.25, 0.3) is 11.1 Å². The van der Waals surface area contributed by atoms with Gasteiger partial charge in [-0.1, -0.05) is 0 Å². The Hall–Kier alpha value is -1.68. The lowest BCUT2D eigenvalue weighted by Gasteiger charge is -2.08. The van der Waals surface area contributed by atoms with E-state index in [-0.39, 0.29) is 14.0 Å². The number of hydrogen-bond acceptors (Lipinski definition) is 7. The number of benzene rings is 1. The first kappa shape index (κ1) is 18.1. The summed E-state index contributed by atoms with van der Waals surface area (Å²) < 4.78 is 50.1. The minimum absolute atomic E-state index is 0.0137. The van der Waals surface area contributed by atoms with Gasteiger partial charge in [0.15, 0.2) is 9.84 Å². The van der Waals surface area contributed by atoms with Crippen molar-refractivity contribution in [1.29, 1.82) is 0 Å². The predicted molar refractivity (Wildman–Crippen MR) is 102 cm³/mol. The van der Waals surface area contributed by atoms with Crippen LogP contribution < -0.4 is 5.32 Å². The Balaban J connectivity index is 2.23. The average molecular weight is 414 g/mol. The molecule has 0 aliphatic carbocycles. The molecule has 2 heterocycles. The second-order valence-corrected chi connectivity index (χ2v) is 11.4. The van der Waals surface area contributed by atoms with Crippen LogP contribution in [0.15, 0.2) is 61.2 Å². The minimum Gasteiger partial charge on any atom is -0.380 e. The molecule has 25 heavy (non-hydrogen) atoms. The van der Waals surface area contributed by atoms with Gasteiger partial charge in [-0.25, -0.2) is 16.8 Å². The van der Waals surface area contributed by atoms with Crippen molar-refractivity contribution in [3.8, 4) is 11.1 Å². The van der Waals surface area contributed by atoms with Crippen molar-refractivity contribution >= 4 is 47.3 Å². The van der Waals surface area contributed by atoms with Gasteiger partial charge < -0.3 is 5.32 Å². The van der Waals surface area contributed by atoms with Gasteiger partial charge >= 0.3 is 0 Å². The molecule has 0 aliphatic rings. The van der Waals surface area contributed by atoms with E-state index >= 15 is 0 Å². The Morgan fingerprint density at radius 2 is 1.64 bits per heavy atom. The predicted octanol–water partition coefficient (Wildman–Crippen LogP) is 3.75. The summed E-state index contributed by atoms with van der Waals surface area (Å²) in [6.45, 7) is 0. The third-order valence-corrected chi connectivity index (χ3v) is 8.67. The number of thiophene rings is 2. The smallest absolute Gasteiger partial charge is 0.216 e. The molecule has 0 unspecified atom stereocenters. The summed E-state index contributed by atoms with van der Waals surface area (Å²) in [5, 5.41) is 7.32. The highest BCUT2D eigenvalue weighted by Crippen LogP contribution is 2.34. The van der Waals surface area contributed by atoms with Gasteiger partial charge in [0.1, 0.15) is 4.21 Å². The van der Waals surface area contributed by atoms with Gasteiger partial charge in [-0.3, -0.25) is 0 Å². The van der Waals surface area contributed by atoms with Crippen LogP contribution in [0.4, 0.5) is 5.00 Å². The van der Waals surface area contributed by atoms with Crippen molar-refractivity contribution < 1.29 is 16.8 Å². The quantitative estimate of drug-likeness (QED) is 0.689. The molecule has 132 valence electrons. The number of sulfone groups is 2. The second-order valence-electron chi connectivity index (χ2n) is 5.35. The molecule has 5 nitrogen and oxygen atoms in total. The molecular weight excluding hydrogens is 398 g/mol. The van der Waals surface area contributed by atoms with Crippen LogP contribution in [-0.2, 0) is 19.7 Å². The van der Waals surface area contributed by atoms with Gasteiger partial charge in [-0.05, 0) is 58.3 Å². The summed E-state index contributed by atoms with van der Waals surface area (Å²) in [6.07, 6.45) is 1.07. The van der Waals surface area contributed by atoms with Gasteiger partial charge in [-0.15, -0.1) is 11.3 Å². The molecule has 9 heteroatoms. The number of nitrogens with one attached hydrogen (secondary N) is 1. The van der Waals surface area contributed by atoms with Crippen LogP contribution in [-0.4, -0.2) is 30.1 Å². The summed E-state index contributed by atoms with van der Waals surface area (Å²) in [5.74, 6) is 0. The molecule has 0 amide bonds. The zero-order valence-corrected chi connectivity index (χ0v) is 16.7. The van der Waals surface area contributed by atoms with Crippen molar-refractivity contribution in [3.63, 3.8) is 0 Å². The monoisotopic (exact) mass is 413 g/mol. The van der Waals surface area contributed by atoms with Crippen LogP contribution in [0.3, 0.4) is 0 Å². The molecule has 0 saturated heterocycles.